The molecule has 0 unspecified atom stereocenters. The molecular weight excluding hydrogens is 206 g/mol. The molecule has 0 saturated carbocycles. The van der Waals surface area contributed by atoms with E-state index in [1.807, 2.05) is 0 Å². The van der Waals surface area contributed by atoms with Crippen molar-refractivity contribution in [1.82, 2.24) is 0 Å². The number of allylic oxidation sites excluding steroid dienone is 4. The summed E-state index contributed by atoms with van der Waals surface area (Å²) >= 11 is 0. The highest BCUT2D eigenvalue weighted by Gasteiger charge is 2.19. The zero-order valence-corrected chi connectivity index (χ0v) is 11.3. The maximum Gasteiger partial charge on any atom is 0.0649 e. The fourth-order valence-electron chi connectivity index (χ4n) is 2.59. The molecule has 1 heterocycles. The zero-order valence-electron chi connectivity index (χ0n) is 11.3. The average molecular weight is 229 g/mol. The maximum absolute atomic E-state index is 4.60. The van der Waals surface area contributed by atoms with E-state index in [4.69, 9.17) is 0 Å². The van der Waals surface area contributed by atoms with Gasteiger partial charge in [0.1, 0.15) is 0 Å². The molecule has 0 atom stereocenters. The molecule has 1 nitrogen and oxygen atoms in total. The second-order valence-electron chi connectivity index (χ2n) is 5.47. The molecule has 2 aliphatic rings. The summed E-state index contributed by atoms with van der Waals surface area (Å²) in [6.07, 6.45) is 11.7. The average Bonchev–Trinajstić information content (AvgIpc) is 2.59. The van der Waals surface area contributed by atoms with Gasteiger partial charge >= 0.3 is 0 Å². The molecule has 2 rings (SSSR count). The zero-order chi connectivity index (χ0) is 12.3. The SMILES string of the molecule is CC1=NCC2=CC=CCCC(CCC(C)C)=C21. The van der Waals surface area contributed by atoms with Gasteiger partial charge in [0.15, 0.2) is 0 Å². The molecule has 0 bridgehead atoms. The second-order valence-corrected chi connectivity index (χ2v) is 5.47. The van der Waals surface area contributed by atoms with Gasteiger partial charge < -0.3 is 0 Å². The summed E-state index contributed by atoms with van der Waals surface area (Å²) in [7, 11) is 0. The highest BCUT2D eigenvalue weighted by Crippen LogP contribution is 2.30. The number of hydrogen-bond acceptors (Lipinski definition) is 1. The Balaban J connectivity index is 2.27. The highest BCUT2D eigenvalue weighted by molar-refractivity contribution is 6.05. The molecule has 0 aromatic heterocycles. The third-order valence-corrected chi connectivity index (χ3v) is 3.59. The van der Waals surface area contributed by atoms with Gasteiger partial charge in [-0.1, -0.05) is 37.6 Å². The van der Waals surface area contributed by atoms with Gasteiger partial charge in [0.05, 0.1) is 6.54 Å². The van der Waals surface area contributed by atoms with Crippen molar-refractivity contribution in [2.24, 2.45) is 10.9 Å². The van der Waals surface area contributed by atoms with Crippen LogP contribution in [-0.4, -0.2) is 12.3 Å². The van der Waals surface area contributed by atoms with Crippen LogP contribution in [0.5, 0.6) is 0 Å². The Morgan fingerprint density at radius 3 is 2.94 bits per heavy atom. The summed E-state index contributed by atoms with van der Waals surface area (Å²) in [4.78, 5) is 4.60. The van der Waals surface area contributed by atoms with Gasteiger partial charge in [-0.3, -0.25) is 4.99 Å². The monoisotopic (exact) mass is 229 g/mol. The fourth-order valence-corrected chi connectivity index (χ4v) is 2.59. The highest BCUT2D eigenvalue weighted by atomic mass is 14.8. The molecule has 0 aromatic rings. The number of nitrogens with zero attached hydrogens (tertiary/aromatic N) is 1. The van der Waals surface area contributed by atoms with E-state index in [1.54, 1.807) is 5.57 Å². The lowest BCUT2D eigenvalue weighted by atomic mass is 9.89. The summed E-state index contributed by atoms with van der Waals surface area (Å²) in [6.45, 7) is 7.66. The van der Waals surface area contributed by atoms with Crippen LogP contribution in [0.3, 0.4) is 0 Å². The van der Waals surface area contributed by atoms with E-state index in [0.29, 0.717) is 0 Å². The van der Waals surface area contributed by atoms with Crippen molar-refractivity contribution in [3.63, 3.8) is 0 Å². The normalized spacial score (nSPS) is 20.0. The van der Waals surface area contributed by atoms with Crippen LogP contribution in [0, 0.1) is 5.92 Å². The van der Waals surface area contributed by atoms with Gasteiger partial charge in [0.2, 0.25) is 0 Å². The van der Waals surface area contributed by atoms with Crippen molar-refractivity contribution in [2.75, 3.05) is 6.54 Å². The lowest BCUT2D eigenvalue weighted by Gasteiger charge is -2.15. The lowest BCUT2D eigenvalue weighted by molar-refractivity contribution is 0.576. The summed E-state index contributed by atoms with van der Waals surface area (Å²) in [5.41, 5.74) is 5.80. The summed E-state index contributed by atoms with van der Waals surface area (Å²) < 4.78 is 0. The van der Waals surface area contributed by atoms with Crippen LogP contribution in [0.15, 0.2) is 39.9 Å². The summed E-state index contributed by atoms with van der Waals surface area (Å²) in [5, 5.41) is 0. The van der Waals surface area contributed by atoms with Gasteiger partial charge in [-0.25, -0.2) is 0 Å². The van der Waals surface area contributed by atoms with Crippen molar-refractivity contribution in [3.8, 4) is 0 Å². The lowest BCUT2D eigenvalue weighted by Crippen LogP contribution is -2.03. The minimum atomic E-state index is 0.787. The molecule has 92 valence electrons. The van der Waals surface area contributed by atoms with Crippen molar-refractivity contribution in [3.05, 3.63) is 34.9 Å². The Morgan fingerprint density at radius 2 is 2.18 bits per heavy atom. The van der Waals surface area contributed by atoms with Crippen LogP contribution in [0.1, 0.15) is 46.5 Å². The third-order valence-electron chi connectivity index (χ3n) is 3.59. The quantitative estimate of drug-likeness (QED) is 0.677. The van der Waals surface area contributed by atoms with E-state index >= 15 is 0 Å². The van der Waals surface area contributed by atoms with Crippen molar-refractivity contribution in [2.45, 2.75) is 46.5 Å². The van der Waals surface area contributed by atoms with E-state index in [0.717, 1.165) is 12.5 Å². The van der Waals surface area contributed by atoms with Gasteiger partial charge in [-0.15, -0.1) is 0 Å². The first kappa shape index (κ1) is 12.3. The van der Waals surface area contributed by atoms with E-state index in [1.165, 1.54) is 42.5 Å². The topological polar surface area (TPSA) is 12.4 Å². The predicted octanol–water partition coefficient (Wildman–Crippen LogP) is 4.47. The minimum absolute atomic E-state index is 0.787. The molecule has 1 heteroatoms. The Kier molecular flexibility index (Phi) is 3.98. The summed E-state index contributed by atoms with van der Waals surface area (Å²) in [5.74, 6) is 0.787. The first-order valence-corrected chi connectivity index (χ1v) is 6.78. The van der Waals surface area contributed by atoms with Gasteiger partial charge in [-0.2, -0.15) is 0 Å². The van der Waals surface area contributed by atoms with Crippen LogP contribution in [0.4, 0.5) is 0 Å². The van der Waals surface area contributed by atoms with E-state index in [2.05, 4.69) is 44.0 Å². The molecular formula is C16H23N. The number of hydrogen-bond donors (Lipinski definition) is 0. The number of fused-ring (bicyclic) bond motifs is 1. The Hall–Kier alpha value is -1.11. The molecule has 0 radical (unpaired) electrons. The number of rotatable bonds is 3. The Morgan fingerprint density at radius 1 is 1.35 bits per heavy atom. The van der Waals surface area contributed by atoms with Crippen LogP contribution < -0.4 is 0 Å². The van der Waals surface area contributed by atoms with Crippen LogP contribution in [0.2, 0.25) is 0 Å². The molecule has 1 aliphatic carbocycles. The smallest absolute Gasteiger partial charge is 0.0649 e. The largest absolute Gasteiger partial charge is 0.285 e. The number of aliphatic imine (C=N–C) groups is 1. The summed E-state index contributed by atoms with van der Waals surface area (Å²) in [6, 6.07) is 0. The van der Waals surface area contributed by atoms with E-state index in [-0.39, 0.29) is 0 Å². The van der Waals surface area contributed by atoms with E-state index < -0.39 is 0 Å². The first-order chi connectivity index (χ1) is 8.18. The first-order valence-electron chi connectivity index (χ1n) is 6.78. The standard InChI is InChI=1S/C16H23N/c1-12(2)9-10-14-7-5-4-6-8-15-11-17-13(3)16(14)15/h4,6,8,12H,5,7,9-11H2,1-3H3. The van der Waals surface area contributed by atoms with Gasteiger partial charge in [0.25, 0.3) is 0 Å². The van der Waals surface area contributed by atoms with Gasteiger partial charge in [-0.05, 0) is 49.7 Å². The molecule has 1 aliphatic heterocycles. The third kappa shape index (κ3) is 2.96. The van der Waals surface area contributed by atoms with Gasteiger partial charge in [0, 0.05) is 5.71 Å². The Bertz CT molecular complexity index is 405. The van der Waals surface area contributed by atoms with Crippen molar-refractivity contribution < 1.29 is 0 Å². The van der Waals surface area contributed by atoms with Crippen LogP contribution in [-0.2, 0) is 0 Å². The molecule has 0 amide bonds. The van der Waals surface area contributed by atoms with E-state index in [9.17, 15) is 0 Å². The van der Waals surface area contributed by atoms with Crippen molar-refractivity contribution >= 4 is 5.71 Å². The molecule has 0 spiro atoms. The minimum Gasteiger partial charge on any atom is -0.285 e. The Labute approximate surface area is 105 Å². The molecule has 0 saturated heterocycles. The molecule has 0 fully saturated rings. The fraction of sp³-hybridized carbons (Fsp3) is 0.562. The molecule has 17 heavy (non-hydrogen) atoms. The van der Waals surface area contributed by atoms with Crippen molar-refractivity contribution in [1.29, 1.82) is 0 Å². The second kappa shape index (κ2) is 5.48. The maximum atomic E-state index is 4.60. The molecule has 0 aromatic carbocycles. The van der Waals surface area contributed by atoms with Crippen LogP contribution >= 0.6 is 0 Å². The predicted molar refractivity (Wildman–Crippen MR) is 75.5 cm³/mol. The molecule has 0 N–H and O–H groups in total. The van der Waals surface area contributed by atoms with Crippen LogP contribution in [0.25, 0.3) is 0 Å².